The van der Waals surface area contributed by atoms with Gasteiger partial charge in [0.15, 0.2) is 0 Å². The zero-order valence-electron chi connectivity index (χ0n) is 16.4. The van der Waals surface area contributed by atoms with Crippen LogP contribution in [0.15, 0.2) is 53.4 Å². The topological polar surface area (TPSA) is 84.9 Å². The summed E-state index contributed by atoms with van der Waals surface area (Å²) in [4.78, 5) is 12.4. The van der Waals surface area contributed by atoms with Crippen molar-refractivity contribution in [1.82, 2.24) is 5.32 Å². The maximum absolute atomic E-state index is 12.9. The van der Waals surface area contributed by atoms with Gasteiger partial charge < -0.3 is 14.8 Å². The fourth-order valence-corrected chi connectivity index (χ4v) is 3.91. The lowest BCUT2D eigenvalue weighted by molar-refractivity contribution is 0.0688. The Bertz CT molecular complexity index is 921. The normalized spacial score (nSPS) is 11.3. The Morgan fingerprint density at radius 3 is 2.59 bits per heavy atom. The van der Waals surface area contributed by atoms with Crippen LogP contribution in [0.3, 0.4) is 0 Å². The quantitative estimate of drug-likeness (QED) is 0.543. The Kier molecular flexibility index (Phi) is 8.91. The monoisotopic (exact) mass is 440 g/mol. The zero-order valence-corrected chi connectivity index (χ0v) is 18.0. The minimum atomic E-state index is -3.84. The van der Waals surface area contributed by atoms with E-state index in [2.05, 4.69) is 5.32 Å². The van der Waals surface area contributed by atoms with Crippen molar-refractivity contribution >= 4 is 33.2 Å². The second-order valence-electron chi connectivity index (χ2n) is 6.19. The molecule has 0 saturated carbocycles. The molecule has 0 unspecified atom stereocenters. The Balaban J connectivity index is 2.01. The molecule has 0 bridgehead atoms. The predicted molar refractivity (Wildman–Crippen MR) is 113 cm³/mol. The molecule has 2 rings (SSSR count). The number of carbonyl (C=O) groups excluding carboxylic acids is 1. The number of hydrogen-bond donors (Lipinski definition) is 1. The van der Waals surface area contributed by atoms with Gasteiger partial charge in [-0.15, -0.1) is 0 Å². The number of amides is 1. The van der Waals surface area contributed by atoms with E-state index in [1.165, 1.54) is 19.2 Å². The van der Waals surface area contributed by atoms with Gasteiger partial charge in [-0.25, -0.2) is 8.42 Å². The Morgan fingerprint density at radius 2 is 1.86 bits per heavy atom. The highest BCUT2D eigenvalue weighted by Gasteiger charge is 2.22. The summed E-state index contributed by atoms with van der Waals surface area (Å²) >= 11 is 5.96. The molecule has 2 aromatic carbocycles. The number of nitrogens with one attached hydrogen (secondary N) is 1. The summed E-state index contributed by atoms with van der Waals surface area (Å²) in [6.07, 6.45) is 0.644. The van der Waals surface area contributed by atoms with Gasteiger partial charge in [0.05, 0.1) is 23.8 Å². The first-order valence-corrected chi connectivity index (χ1v) is 10.9. The van der Waals surface area contributed by atoms with Gasteiger partial charge in [-0.1, -0.05) is 23.7 Å². The number of methoxy groups -OCH3 is 1. The molecule has 9 heteroatoms. The lowest BCUT2D eigenvalue weighted by atomic mass is 10.2. The van der Waals surface area contributed by atoms with Crippen molar-refractivity contribution < 1.29 is 22.7 Å². The molecule has 0 fully saturated rings. The Hall–Kier alpha value is -2.13. The van der Waals surface area contributed by atoms with Crippen LogP contribution in [0.4, 0.5) is 5.69 Å². The highest BCUT2D eigenvalue weighted by molar-refractivity contribution is 7.92. The Labute approximate surface area is 176 Å². The van der Waals surface area contributed by atoms with E-state index in [1.54, 1.807) is 43.5 Å². The largest absolute Gasteiger partial charge is 0.382 e. The van der Waals surface area contributed by atoms with Crippen molar-refractivity contribution in [2.45, 2.75) is 11.3 Å². The molecule has 1 N–H and O–H groups in total. The maximum Gasteiger partial charge on any atom is 0.264 e. The van der Waals surface area contributed by atoms with Crippen molar-refractivity contribution in [2.24, 2.45) is 0 Å². The van der Waals surface area contributed by atoms with Gasteiger partial charge in [0, 0.05) is 37.9 Å². The molecule has 0 atom stereocenters. The molecule has 0 aliphatic carbocycles. The van der Waals surface area contributed by atoms with Crippen LogP contribution in [-0.4, -0.2) is 54.8 Å². The molecule has 0 spiro atoms. The standard InChI is InChI=1S/C20H25ClN2O5S/c1-23(18-8-4-7-17(21)15-18)29(25,26)19-9-3-6-16(14-19)20(24)22-10-5-11-28-13-12-27-2/h3-4,6-9,14-15H,5,10-13H2,1-2H3,(H,22,24). The van der Waals surface area contributed by atoms with E-state index in [9.17, 15) is 13.2 Å². The van der Waals surface area contributed by atoms with Crippen LogP contribution in [0.2, 0.25) is 5.02 Å². The number of halogens is 1. The third-order valence-corrected chi connectivity index (χ3v) is 6.13. The van der Waals surface area contributed by atoms with E-state index in [0.717, 1.165) is 4.31 Å². The highest BCUT2D eigenvalue weighted by atomic mass is 35.5. The summed E-state index contributed by atoms with van der Waals surface area (Å²) in [6, 6.07) is 12.5. The smallest absolute Gasteiger partial charge is 0.264 e. The van der Waals surface area contributed by atoms with E-state index < -0.39 is 10.0 Å². The van der Waals surface area contributed by atoms with E-state index in [1.807, 2.05) is 0 Å². The van der Waals surface area contributed by atoms with E-state index in [-0.39, 0.29) is 16.4 Å². The minimum Gasteiger partial charge on any atom is -0.382 e. The van der Waals surface area contributed by atoms with Crippen LogP contribution in [0.25, 0.3) is 0 Å². The highest BCUT2D eigenvalue weighted by Crippen LogP contribution is 2.25. The minimum absolute atomic E-state index is 0.0236. The van der Waals surface area contributed by atoms with Crippen LogP contribution in [0.5, 0.6) is 0 Å². The summed E-state index contributed by atoms with van der Waals surface area (Å²) in [6.45, 7) is 1.95. The molecule has 29 heavy (non-hydrogen) atoms. The fourth-order valence-electron chi connectivity index (χ4n) is 2.49. The second kappa shape index (κ2) is 11.2. The Morgan fingerprint density at radius 1 is 1.10 bits per heavy atom. The van der Waals surface area contributed by atoms with Crippen molar-refractivity contribution in [2.75, 3.05) is 44.8 Å². The van der Waals surface area contributed by atoms with Gasteiger partial charge >= 0.3 is 0 Å². The molecule has 158 valence electrons. The number of benzene rings is 2. The average molecular weight is 441 g/mol. The van der Waals surface area contributed by atoms with Crippen LogP contribution in [-0.2, 0) is 19.5 Å². The third kappa shape index (κ3) is 6.71. The molecular weight excluding hydrogens is 416 g/mol. The van der Waals surface area contributed by atoms with Gasteiger partial charge in [0.1, 0.15) is 0 Å². The second-order valence-corrected chi connectivity index (χ2v) is 8.60. The first-order valence-electron chi connectivity index (χ1n) is 9.05. The molecular formula is C20H25ClN2O5S. The van der Waals surface area contributed by atoms with Crippen molar-refractivity contribution in [1.29, 1.82) is 0 Å². The van der Waals surface area contributed by atoms with Crippen LogP contribution in [0.1, 0.15) is 16.8 Å². The van der Waals surface area contributed by atoms with Crippen LogP contribution < -0.4 is 9.62 Å². The van der Waals surface area contributed by atoms with Gasteiger partial charge in [0.25, 0.3) is 15.9 Å². The molecule has 0 saturated heterocycles. The molecule has 0 aromatic heterocycles. The van der Waals surface area contributed by atoms with Gasteiger partial charge in [0.2, 0.25) is 0 Å². The summed E-state index contributed by atoms with van der Waals surface area (Å²) < 4.78 is 37.2. The molecule has 0 aliphatic rings. The number of ether oxygens (including phenoxy) is 2. The third-order valence-electron chi connectivity index (χ3n) is 4.11. The summed E-state index contributed by atoms with van der Waals surface area (Å²) in [5.74, 6) is -0.343. The van der Waals surface area contributed by atoms with E-state index in [0.29, 0.717) is 43.5 Å². The summed E-state index contributed by atoms with van der Waals surface area (Å²) in [5, 5.41) is 3.19. The SMILES string of the molecule is COCCOCCCNC(=O)c1cccc(S(=O)(=O)N(C)c2cccc(Cl)c2)c1. The summed E-state index contributed by atoms with van der Waals surface area (Å²) in [7, 11) is -0.796. The lowest BCUT2D eigenvalue weighted by Gasteiger charge is -2.20. The number of carbonyl (C=O) groups is 1. The maximum atomic E-state index is 12.9. The number of rotatable bonds is 11. The number of sulfonamides is 1. The molecule has 1 amide bonds. The molecule has 0 heterocycles. The average Bonchev–Trinajstić information content (AvgIpc) is 2.72. The molecule has 0 aliphatic heterocycles. The fraction of sp³-hybridized carbons (Fsp3) is 0.350. The van der Waals surface area contributed by atoms with Crippen molar-refractivity contribution in [3.8, 4) is 0 Å². The lowest BCUT2D eigenvalue weighted by Crippen LogP contribution is -2.28. The van der Waals surface area contributed by atoms with Gasteiger partial charge in [-0.2, -0.15) is 0 Å². The van der Waals surface area contributed by atoms with Crippen molar-refractivity contribution in [3.05, 3.63) is 59.1 Å². The molecule has 2 aromatic rings. The number of nitrogens with zero attached hydrogens (tertiary/aromatic N) is 1. The summed E-state index contributed by atoms with van der Waals surface area (Å²) in [5.41, 5.74) is 0.701. The van der Waals surface area contributed by atoms with Crippen LogP contribution in [0, 0.1) is 0 Å². The first kappa shape index (κ1) is 23.2. The van der Waals surface area contributed by atoms with Gasteiger partial charge in [-0.05, 0) is 42.8 Å². The van der Waals surface area contributed by atoms with Gasteiger partial charge in [-0.3, -0.25) is 9.10 Å². The number of hydrogen-bond acceptors (Lipinski definition) is 5. The molecule has 0 radical (unpaired) electrons. The van der Waals surface area contributed by atoms with E-state index >= 15 is 0 Å². The predicted octanol–water partition coefficient (Wildman–Crippen LogP) is 2.95. The first-order chi connectivity index (χ1) is 13.9. The van der Waals surface area contributed by atoms with E-state index in [4.69, 9.17) is 21.1 Å². The van der Waals surface area contributed by atoms with Crippen LogP contribution >= 0.6 is 11.6 Å². The van der Waals surface area contributed by atoms with Crippen molar-refractivity contribution in [3.63, 3.8) is 0 Å². The molecule has 7 nitrogen and oxygen atoms in total. The number of anilines is 1. The zero-order chi connectivity index (χ0) is 21.3.